The molecule has 0 bridgehead atoms. The fourth-order valence-electron chi connectivity index (χ4n) is 1.86. The first-order valence-electron chi connectivity index (χ1n) is 5.86. The van der Waals surface area contributed by atoms with Crippen molar-refractivity contribution in [2.45, 2.75) is 45.4 Å². The number of aliphatic carboxylic acids is 1. The fraction of sp³-hybridized carbons (Fsp3) is 0.500. The molecule has 1 N–H and O–H groups in total. The van der Waals surface area contributed by atoms with E-state index in [2.05, 4.69) is 38.1 Å². The largest absolute Gasteiger partial charge is 0.481 e. The molecule has 1 aromatic carbocycles. The lowest BCUT2D eigenvalue weighted by Crippen LogP contribution is -2.05. The van der Waals surface area contributed by atoms with E-state index in [1.165, 1.54) is 5.56 Å². The topological polar surface area (TPSA) is 37.3 Å². The molecule has 1 rings (SSSR count). The molecule has 0 aliphatic carbocycles. The standard InChI is InChI=1S/C14H20O2/c1-4-11(9-14(15)16)13-7-5-12(6-8-13)10(2)3/h5-8,10-11H,4,9H2,1-3H3,(H,15,16). The first-order valence-corrected chi connectivity index (χ1v) is 5.86. The molecule has 1 atom stereocenters. The molecule has 0 heterocycles. The van der Waals surface area contributed by atoms with Gasteiger partial charge in [-0.25, -0.2) is 0 Å². The van der Waals surface area contributed by atoms with Crippen LogP contribution < -0.4 is 0 Å². The second-order valence-corrected chi connectivity index (χ2v) is 4.52. The summed E-state index contributed by atoms with van der Waals surface area (Å²) in [6, 6.07) is 8.33. The zero-order valence-electron chi connectivity index (χ0n) is 10.2. The average Bonchev–Trinajstić information content (AvgIpc) is 2.25. The highest BCUT2D eigenvalue weighted by Gasteiger charge is 2.13. The number of carbonyl (C=O) groups is 1. The Labute approximate surface area is 97.3 Å². The highest BCUT2D eigenvalue weighted by molar-refractivity contribution is 5.68. The summed E-state index contributed by atoms with van der Waals surface area (Å²) < 4.78 is 0. The quantitative estimate of drug-likeness (QED) is 0.820. The number of hydrogen-bond acceptors (Lipinski definition) is 1. The molecule has 0 amide bonds. The smallest absolute Gasteiger partial charge is 0.303 e. The normalized spacial score (nSPS) is 12.8. The third-order valence-electron chi connectivity index (χ3n) is 2.99. The molecular weight excluding hydrogens is 200 g/mol. The highest BCUT2D eigenvalue weighted by Crippen LogP contribution is 2.25. The molecule has 0 saturated carbocycles. The van der Waals surface area contributed by atoms with Crippen LogP contribution in [0.3, 0.4) is 0 Å². The van der Waals surface area contributed by atoms with Crippen LogP contribution in [0, 0.1) is 0 Å². The lowest BCUT2D eigenvalue weighted by molar-refractivity contribution is -0.137. The van der Waals surface area contributed by atoms with E-state index in [1.807, 2.05) is 6.92 Å². The van der Waals surface area contributed by atoms with Crippen LogP contribution in [0.2, 0.25) is 0 Å². The molecule has 88 valence electrons. The van der Waals surface area contributed by atoms with Crippen LogP contribution in [0.4, 0.5) is 0 Å². The minimum absolute atomic E-state index is 0.138. The number of hydrogen-bond donors (Lipinski definition) is 1. The second-order valence-electron chi connectivity index (χ2n) is 4.52. The molecule has 0 aliphatic heterocycles. The summed E-state index contributed by atoms with van der Waals surface area (Å²) in [5.41, 5.74) is 2.43. The van der Waals surface area contributed by atoms with Crippen LogP contribution in [-0.2, 0) is 4.79 Å². The summed E-state index contributed by atoms with van der Waals surface area (Å²) in [4.78, 5) is 10.7. The molecule has 0 saturated heterocycles. The van der Waals surface area contributed by atoms with Crippen molar-refractivity contribution >= 4 is 5.97 Å². The molecule has 0 aromatic heterocycles. The van der Waals surface area contributed by atoms with E-state index in [0.29, 0.717) is 5.92 Å². The maximum absolute atomic E-state index is 10.7. The summed E-state index contributed by atoms with van der Waals surface area (Å²) in [7, 11) is 0. The summed E-state index contributed by atoms with van der Waals surface area (Å²) >= 11 is 0. The predicted molar refractivity (Wildman–Crippen MR) is 65.8 cm³/mol. The Balaban J connectivity index is 2.82. The van der Waals surface area contributed by atoms with Crippen LogP contribution in [0.25, 0.3) is 0 Å². The lowest BCUT2D eigenvalue weighted by Gasteiger charge is -2.14. The molecule has 2 heteroatoms. The molecular formula is C14H20O2. The summed E-state index contributed by atoms with van der Waals surface area (Å²) in [6.07, 6.45) is 1.09. The second kappa shape index (κ2) is 5.69. The van der Waals surface area contributed by atoms with E-state index in [9.17, 15) is 4.79 Å². The third-order valence-corrected chi connectivity index (χ3v) is 2.99. The minimum atomic E-state index is -0.722. The summed E-state index contributed by atoms with van der Waals surface area (Å²) in [6.45, 7) is 6.34. The van der Waals surface area contributed by atoms with E-state index < -0.39 is 5.97 Å². The zero-order valence-corrected chi connectivity index (χ0v) is 10.2. The Morgan fingerprint density at radius 2 is 1.69 bits per heavy atom. The maximum atomic E-state index is 10.7. The van der Waals surface area contributed by atoms with Gasteiger partial charge in [0.05, 0.1) is 6.42 Å². The molecule has 0 radical (unpaired) electrons. The Bertz CT molecular complexity index is 338. The zero-order chi connectivity index (χ0) is 12.1. The Morgan fingerprint density at radius 3 is 2.06 bits per heavy atom. The number of rotatable bonds is 5. The van der Waals surface area contributed by atoms with E-state index in [0.717, 1.165) is 12.0 Å². The first kappa shape index (κ1) is 12.8. The van der Waals surface area contributed by atoms with Gasteiger partial charge in [0, 0.05) is 0 Å². The Hall–Kier alpha value is -1.31. The van der Waals surface area contributed by atoms with Gasteiger partial charge in [-0.3, -0.25) is 4.79 Å². The summed E-state index contributed by atoms with van der Waals surface area (Å²) in [5.74, 6) is -0.0629. The van der Waals surface area contributed by atoms with Gasteiger partial charge in [0.15, 0.2) is 0 Å². The van der Waals surface area contributed by atoms with Gasteiger partial charge < -0.3 is 5.11 Å². The van der Waals surface area contributed by atoms with Crippen LogP contribution in [0.1, 0.15) is 56.6 Å². The minimum Gasteiger partial charge on any atom is -0.481 e. The number of carboxylic acid groups (broad SMARTS) is 1. The SMILES string of the molecule is CCC(CC(=O)O)c1ccc(C(C)C)cc1. The van der Waals surface area contributed by atoms with Crippen molar-refractivity contribution in [1.82, 2.24) is 0 Å². The van der Waals surface area contributed by atoms with Gasteiger partial charge in [-0.2, -0.15) is 0 Å². The van der Waals surface area contributed by atoms with Gasteiger partial charge in [0.2, 0.25) is 0 Å². The van der Waals surface area contributed by atoms with E-state index >= 15 is 0 Å². The van der Waals surface area contributed by atoms with Crippen molar-refractivity contribution in [3.63, 3.8) is 0 Å². The van der Waals surface area contributed by atoms with E-state index in [4.69, 9.17) is 5.11 Å². The van der Waals surface area contributed by atoms with Crippen molar-refractivity contribution in [2.75, 3.05) is 0 Å². The van der Waals surface area contributed by atoms with Gasteiger partial charge in [-0.1, -0.05) is 45.0 Å². The Morgan fingerprint density at radius 1 is 1.19 bits per heavy atom. The van der Waals surface area contributed by atoms with Gasteiger partial charge in [-0.05, 0) is 29.4 Å². The maximum Gasteiger partial charge on any atom is 0.303 e. The van der Waals surface area contributed by atoms with E-state index in [1.54, 1.807) is 0 Å². The molecule has 16 heavy (non-hydrogen) atoms. The van der Waals surface area contributed by atoms with Gasteiger partial charge >= 0.3 is 5.97 Å². The first-order chi connectivity index (χ1) is 7.54. The van der Waals surface area contributed by atoms with Crippen molar-refractivity contribution in [3.05, 3.63) is 35.4 Å². The van der Waals surface area contributed by atoms with Crippen molar-refractivity contribution in [3.8, 4) is 0 Å². The van der Waals surface area contributed by atoms with Gasteiger partial charge in [-0.15, -0.1) is 0 Å². The fourth-order valence-corrected chi connectivity index (χ4v) is 1.86. The highest BCUT2D eigenvalue weighted by atomic mass is 16.4. The predicted octanol–water partition coefficient (Wildman–Crippen LogP) is 3.78. The van der Waals surface area contributed by atoms with Gasteiger partial charge in [0.25, 0.3) is 0 Å². The molecule has 1 aromatic rings. The monoisotopic (exact) mass is 220 g/mol. The summed E-state index contributed by atoms with van der Waals surface area (Å²) in [5, 5.41) is 8.82. The molecule has 1 unspecified atom stereocenters. The van der Waals surface area contributed by atoms with Crippen LogP contribution >= 0.6 is 0 Å². The molecule has 0 aliphatic rings. The van der Waals surface area contributed by atoms with Crippen LogP contribution in [-0.4, -0.2) is 11.1 Å². The molecule has 2 nitrogen and oxygen atoms in total. The van der Waals surface area contributed by atoms with Crippen molar-refractivity contribution in [1.29, 1.82) is 0 Å². The number of carboxylic acids is 1. The van der Waals surface area contributed by atoms with Crippen LogP contribution in [0.5, 0.6) is 0 Å². The van der Waals surface area contributed by atoms with Gasteiger partial charge in [0.1, 0.15) is 0 Å². The Kier molecular flexibility index (Phi) is 4.53. The molecule has 0 spiro atoms. The van der Waals surface area contributed by atoms with Crippen molar-refractivity contribution < 1.29 is 9.90 Å². The lowest BCUT2D eigenvalue weighted by atomic mass is 9.91. The molecule has 0 fully saturated rings. The van der Waals surface area contributed by atoms with E-state index in [-0.39, 0.29) is 12.3 Å². The van der Waals surface area contributed by atoms with Crippen LogP contribution in [0.15, 0.2) is 24.3 Å². The number of benzene rings is 1. The average molecular weight is 220 g/mol. The van der Waals surface area contributed by atoms with Crippen molar-refractivity contribution in [2.24, 2.45) is 0 Å². The third kappa shape index (κ3) is 3.37.